The van der Waals surface area contributed by atoms with Crippen LogP contribution in [0.2, 0.25) is 0 Å². The first-order valence-corrected chi connectivity index (χ1v) is 9.92. The van der Waals surface area contributed by atoms with Crippen LogP contribution in [-0.4, -0.2) is 49.4 Å². The number of anilines is 1. The van der Waals surface area contributed by atoms with E-state index in [1.54, 1.807) is 17.0 Å². The molecule has 1 atom stereocenters. The first-order chi connectivity index (χ1) is 14.2. The number of carbonyl (C=O) groups excluding carboxylic acids is 2. The van der Waals surface area contributed by atoms with E-state index < -0.39 is 29.3 Å². The first kappa shape index (κ1) is 21.6. The molecular formula is C20H19F3N4O2S. The minimum Gasteiger partial charge on any atom is -0.367 e. The average Bonchev–Trinajstić information content (AvgIpc) is 3.17. The second-order valence-corrected chi connectivity index (χ2v) is 8.11. The van der Waals surface area contributed by atoms with Crippen LogP contribution in [-0.2, 0) is 11.0 Å². The number of likely N-dealkylation sites (N-methyl/N-ethyl adjacent to an activating group) is 1. The molecule has 1 unspecified atom stereocenters. The van der Waals surface area contributed by atoms with Crippen molar-refractivity contribution in [3.63, 3.8) is 0 Å². The van der Waals surface area contributed by atoms with Crippen LogP contribution in [0.25, 0.3) is 0 Å². The lowest BCUT2D eigenvalue weighted by Crippen LogP contribution is -2.60. The molecule has 0 spiro atoms. The summed E-state index contributed by atoms with van der Waals surface area (Å²) in [4.78, 5) is 29.9. The molecule has 2 heterocycles. The lowest BCUT2D eigenvalue weighted by Gasteiger charge is -2.41. The van der Waals surface area contributed by atoms with Crippen LogP contribution in [0.4, 0.5) is 18.9 Å². The van der Waals surface area contributed by atoms with Gasteiger partial charge in [0.15, 0.2) is 0 Å². The summed E-state index contributed by atoms with van der Waals surface area (Å²) in [6.07, 6.45) is -4.67. The smallest absolute Gasteiger partial charge is 0.367 e. The Morgan fingerprint density at radius 1 is 1.23 bits per heavy atom. The van der Waals surface area contributed by atoms with Gasteiger partial charge in [-0.3, -0.25) is 9.59 Å². The summed E-state index contributed by atoms with van der Waals surface area (Å²) in [5.74, 6) is -0.678. The van der Waals surface area contributed by atoms with Crippen LogP contribution in [0.3, 0.4) is 0 Å². The van der Waals surface area contributed by atoms with Gasteiger partial charge in [0, 0.05) is 37.2 Å². The molecule has 1 aromatic heterocycles. The fraction of sp³-hybridized carbons (Fsp3) is 0.350. The van der Waals surface area contributed by atoms with Gasteiger partial charge >= 0.3 is 6.18 Å². The largest absolute Gasteiger partial charge is 0.417 e. The van der Waals surface area contributed by atoms with Crippen LogP contribution < -0.4 is 10.2 Å². The predicted octanol–water partition coefficient (Wildman–Crippen LogP) is 3.02. The fourth-order valence-electron chi connectivity index (χ4n) is 3.40. The van der Waals surface area contributed by atoms with Gasteiger partial charge in [-0.2, -0.15) is 18.4 Å². The maximum absolute atomic E-state index is 13.3. The van der Waals surface area contributed by atoms with Crippen molar-refractivity contribution in [3.8, 4) is 6.07 Å². The SMILES string of the molecule is CNC(=O)C1CN(c2ccc(C#N)c(C(F)(F)F)c2)CCN1C(=O)c1ccc(C)s1. The summed E-state index contributed by atoms with van der Waals surface area (Å²) in [6, 6.07) is 7.68. The molecule has 1 saturated heterocycles. The Morgan fingerprint density at radius 2 is 1.97 bits per heavy atom. The summed E-state index contributed by atoms with van der Waals surface area (Å²) < 4.78 is 39.9. The zero-order valence-corrected chi connectivity index (χ0v) is 17.1. The van der Waals surface area contributed by atoms with E-state index in [9.17, 15) is 22.8 Å². The van der Waals surface area contributed by atoms with Crippen molar-refractivity contribution >= 4 is 28.8 Å². The number of aryl methyl sites for hydroxylation is 1. The van der Waals surface area contributed by atoms with Gasteiger partial charge < -0.3 is 15.1 Å². The molecular weight excluding hydrogens is 417 g/mol. The van der Waals surface area contributed by atoms with Gasteiger partial charge in [-0.25, -0.2) is 0 Å². The average molecular weight is 436 g/mol. The molecule has 0 aliphatic carbocycles. The molecule has 1 aromatic carbocycles. The van der Waals surface area contributed by atoms with Gasteiger partial charge in [0.1, 0.15) is 6.04 Å². The van der Waals surface area contributed by atoms with Crippen LogP contribution >= 0.6 is 11.3 Å². The Hall–Kier alpha value is -3.06. The molecule has 0 radical (unpaired) electrons. The molecule has 6 nitrogen and oxygen atoms in total. The molecule has 1 N–H and O–H groups in total. The Balaban J connectivity index is 1.90. The number of alkyl halides is 3. The highest BCUT2D eigenvalue weighted by Gasteiger charge is 2.38. The van der Waals surface area contributed by atoms with E-state index in [2.05, 4.69) is 5.32 Å². The maximum Gasteiger partial charge on any atom is 0.417 e. The zero-order chi connectivity index (χ0) is 22.1. The molecule has 2 amide bonds. The molecule has 0 bridgehead atoms. The number of nitrogens with zero attached hydrogens (tertiary/aromatic N) is 3. The van der Waals surface area contributed by atoms with E-state index in [1.807, 2.05) is 13.0 Å². The van der Waals surface area contributed by atoms with Crippen molar-refractivity contribution in [2.24, 2.45) is 0 Å². The minimum atomic E-state index is -4.67. The summed E-state index contributed by atoms with van der Waals surface area (Å²) in [6.45, 7) is 2.35. The highest BCUT2D eigenvalue weighted by Crippen LogP contribution is 2.35. The molecule has 10 heteroatoms. The third-order valence-electron chi connectivity index (χ3n) is 4.94. The highest BCUT2D eigenvalue weighted by molar-refractivity contribution is 7.13. The Bertz CT molecular complexity index is 1010. The number of nitriles is 1. The Morgan fingerprint density at radius 3 is 2.53 bits per heavy atom. The van der Waals surface area contributed by atoms with Crippen molar-refractivity contribution in [3.05, 3.63) is 51.2 Å². The van der Waals surface area contributed by atoms with E-state index in [4.69, 9.17) is 5.26 Å². The molecule has 3 rings (SSSR count). The lowest BCUT2D eigenvalue weighted by atomic mass is 10.0. The molecule has 1 aliphatic rings. The molecule has 158 valence electrons. The third-order valence-corrected chi connectivity index (χ3v) is 5.92. The fourth-order valence-corrected chi connectivity index (χ4v) is 4.23. The van der Waals surface area contributed by atoms with E-state index in [1.165, 1.54) is 29.4 Å². The summed E-state index contributed by atoms with van der Waals surface area (Å²) in [7, 11) is 1.45. The van der Waals surface area contributed by atoms with E-state index >= 15 is 0 Å². The standard InChI is InChI=1S/C20H19F3N4O2S/c1-12-3-6-17(30-12)19(29)27-8-7-26(11-16(27)18(28)25-2)14-5-4-13(10-24)15(9-14)20(21,22)23/h3-6,9,16H,7-8,11H2,1-2H3,(H,25,28). The number of halogens is 3. The molecule has 1 fully saturated rings. The van der Waals surface area contributed by atoms with Crippen LogP contribution in [0.5, 0.6) is 0 Å². The summed E-state index contributed by atoms with van der Waals surface area (Å²) >= 11 is 1.32. The van der Waals surface area contributed by atoms with E-state index in [0.717, 1.165) is 17.0 Å². The second kappa shape index (κ2) is 8.36. The van der Waals surface area contributed by atoms with Gasteiger partial charge in [-0.1, -0.05) is 0 Å². The van der Waals surface area contributed by atoms with Crippen molar-refractivity contribution in [2.75, 3.05) is 31.6 Å². The number of amides is 2. The molecule has 0 saturated carbocycles. The van der Waals surface area contributed by atoms with Crippen molar-refractivity contribution < 1.29 is 22.8 Å². The second-order valence-electron chi connectivity index (χ2n) is 6.82. The van der Waals surface area contributed by atoms with Crippen LogP contribution in [0.1, 0.15) is 25.7 Å². The maximum atomic E-state index is 13.3. The Labute approximate surface area is 175 Å². The predicted molar refractivity (Wildman–Crippen MR) is 106 cm³/mol. The zero-order valence-electron chi connectivity index (χ0n) is 16.3. The number of piperazine rings is 1. The van der Waals surface area contributed by atoms with Gasteiger partial charge in [0.05, 0.1) is 22.1 Å². The molecule has 1 aliphatic heterocycles. The number of hydrogen-bond acceptors (Lipinski definition) is 5. The third kappa shape index (κ3) is 4.26. The van der Waals surface area contributed by atoms with Gasteiger partial charge in [0.2, 0.25) is 5.91 Å². The number of rotatable bonds is 3. The quantitative estimate of drug-likeness (QED) is 0.803. The van der Waals surface area contributed by atoms with E-state index in [-0.39, 0.29) is 31.2 Å². The van der Waals surface area contributed by atoms with Crippen LogP contribution in [0.15, 0.2) is 30.3 Å². The number of hydrogen-bond donors (Lipinski definition) is 1. The number of benzene rings is 1. The topological polar surface area (TPSA) is 76.4 Å². The van der Waals surface area contributed by atoms with Gasteiger partial charge in [0.25, 0.3) is 5.91 Å². The van der Waals surface area contributed by atoms with Crippen molar-refractivity contribution in [1.82, 2.24) is 10.2 Å². The number of thiophene rings is 1. The molecule has 30 heavy (non-hydrogen) atoms. The van der Waals surface area contributed by atoms with Gasteiger partial charge in [-0.05, 0) is 37.3 Å². The number of nitrogens with one attached hydrogen (secondary N) is 1. The van der Waals surface area contributed by atoms with Crippen molar-refractivity contribution in [1.29, 1.82) is 5.26 Å². The van der Waals surface area contributed by atoms with Crippen LogP contribution in [0, 0.1) is 18.3 Å². The minimum absolute atomic E-state index is 0.0406. The normalized spacial score (nSPS) is 16.9. The van der Waals surface area contributed by atoms with Crippen molar-refractivity contribution in [2.45, 2.75) is 19.1 Å². The number of carbonyl (C=O) groups is 2. The summed E-state index contributed by atoms with van der Waals surface area (Å²) in [5, 5.41) is 11.5. The Kier molecular flexibility index (Phi) is 6.03. The van der Waals surface area contributed by atoms with E-state index in [0.29, 0.717) is 4.88 Å². The summed E-state index contributed by atoms with van der Waals surface area (Å²) in [5.41, 5.74) is -1.24. The lowest BCUT2D eigenvalue weighted by molar-refractivity contribution is -0.137. The monoisotopic (exact) mass is 436 g/mol. The first-order valence-electron chi connectivity index (χ1n) is 9.11. The van der Waals surface area contributed by atoms with Gasteiger partial charge in [-0.15, -0.1) is 11.3 Å². The molecule has 2 aromatic rings. The highest BCUT2D eigenvalue weighted by atomic mass is 32.1.